The van der Waals surface area contributed by atoms with Gasteiger partial charge in [-0.25, -0.2) is 13.8 Å². The molecule has 2 saturated heterocycles. The molecule has 2 fully saturated rings. The number of piperazine rings is 1. The van der Waals surface area contributed by atoms with Crippen LogP contribution in [0.4, 0.5) is 14.6 Å². The minimum absolute atomic E-state index is 0.0684. The molecule has 1 aromatic heterocycles. The second kappa shape index (κ2) is 17.0. The standard InChI is InChI=1S/C36H47F2N5O4/c1-4-45-35(46-5-2)25-42(34(44)16-12-28-11-14-31(21-33(28)38)47-26-27-9-7-6-8-10-27)22-29-13-15-32(37)36(39-29)43-23-30(24-43)41-19-17-40(3)18-20-41/h6-11,13-15,21,30,35H,4-5,12,16-20,22-26H2,1-3H3. The van der Waals surface area contributed by atoms with Gasteiger partial charge < -0.3 is 28.9 Å². The summed E-state index contributed by atoms with van der Waals surface area (Å²) in [6, 6.07) is 17.8. The predicted molar refractivity (Wildman–Crippen MR) is 177 cm³/mol. The third-order valence-electron chi connectivity index (χ3n) is 8.76. The number of hydrogen-bond donors (Lipinski definition) is 0. The lowest BCUT2D eigenvalue weighted by atomic mass is 10.1. The van der Waals surface area contributed by atoms with Crippen LogP contribution in [-0.2, 0) is 33.8 Å². The number of anilines is 1. The average Bonchev–Trinajstić information content (AvgIpc) is 3.05. The van der Waals surface area contributed by atoms with E-state index in [-0.39, 0.29) is 37.7 Å². The highest BCUT2D eigenvalue weighted by molar-refractivity contribution is 5.76. The number of halogens is 2. The molecule has 3 aromatic rings. The molecule has 2 aliphatic heterocycles. The van der Waals surface area contributed by atoms with Crippen LogP contribution in [0.2, 0.25) is 0 Å². The maximum absolute atomic E-state index is 15.0. The van der Waals surface area contributed by atoms with Gasteiger partial charge in [0.05, 0.1) is 18.8 Å². The Labute approximate surface area is 277 Å². The van der Waals surface area contributed by atoms with Gasteiger partial charge in [0.2, 0.25) is 5.91 Å². The molecule has 0 saturated carbocycles. The molecule has 0 radical (unpaired) electrons. The third-order valence-corrected chi connectivity index (χ3v) is 8.76. The molecule has 2 aliphatic rings. The molecule has 0 unspecified atom stereocenters. The highest BCUT2D eigenvalue weighted by Gasteiger charge is 2.35. The normalized spacial score (nSPS) is 16.0. The van der Waals surface area contributed by atoms with E-state index in [0.29, 0.717) is 48.7 Å². The van der Waals surface area contributed by atoms with Crippen LogP contribution in [0, 0.1) is 11.6 Å². The van der Waals surface area contributed by atoms with Crippen molar-refractivity contribution in [1.29, 1.82) is 0 Å². The smallest absolute Gasteiger partial charge is 0.223 e. The van der Waals surface area contributed by atoms with Gasteiger partial charge in [-0.3, -0.25) is 9.69 Å². The summed E-state index contributed by atoms with van der Waals surface area (Å²) < 4.78 is 47.3. The van der Waals surface area contributed by atoms with Crippen molar-refractivity contribution in [3.8, 4) is 5.75 Å². The number of ether oxygens (including phenoxy) is 3. The van der Waals surface area contributed by atoms with E-state index >= 15 is 4.39 Å². The van der Waals surface area contributed by atoms with Crippen molar-refractivity contribution in [3.05, 3.63) is 89.1 Å². The number of likely N-dealkylation sites (N-methyl/N-ethyl adjacent to an activating group) is 1. The minimum Gasteiger partial charge on any atom is -0.489 e. The van der Waals surface area contributed by atoms with Crippen molar-refractivity contribution in [2.24, 2.45) is 0 Å². The molecule has 11 heteroatoms. The van der Waals surface area contributed by atoms with E-state index in [9.17, 15) is 9.18 Å². The Morgan fingerprint density at radius 2 is 1.68 bits per heavy atom. The quantitative estimate of drug-likeness (QED) is 0.206. The van der Waals surface area contributed by atoms with Gasteiger partial charge in [0.15, 0.2) is 17.9 Å². The van der Waals surface area contributed by atoms with Gasteiger partial charge >= 0.3 is 0 Å². The number of aromatic nitrogens is 1. The number of aryl methyl sites for hydroxylation is 1. The first kappa shape index (κ1) is 34.7. The number of rotatable bonds is 16. The maximum Gasteiger partial charge on any atom is 0.223 e. The Kier molecular flexibility index (Phi) is 12.5. The van der Waals surface area contributed by atoms with Crippen LogP contribution >= 0.6 is 0 Å². The highest BCUT2D eigenvalue weighted by atomic mass is 19.1. The van der Waals surface area contributed by atoms with Crippen LogP contribution in [0.3, 0.4) is 0 Å². The average molecular weight is 652 g/mol. The topological polar surface area (TPSA) is 70.6 Å². The van der Waals surface area contributed by atoms with Gasteiger partial charge in [-0.2, -0.15) is 0 Å². The second-order valence-corrected chi connectivity index (χ2v) is 12.1. The first-order chi connectivity index (χ1) is 22.8. The third kappa shape index (κ3) is 9.70. The summed E-state index contributed by atoms with van der Waals surface area (Å²) in [5.74, 6) is -0.273. The molecule has 0 spiro atoms. The van der Waals surface area contributed by atoms with Gasteiger partial charge in [0, 0.05) is 71.0 Å². The van der Waals surface area contributed by atoms with E-state index in [1.54, 1.807) is 23.1 Å². The fraction of sp³-hybridized carbons (Fsp3) is 0.500. The molecule has 0 aliphatic carbocycles. The zero-order chi connectivity index (χ0) is 33.2. The van der Waals surface area contributed by atoms with E-state index in [1.165, 1.54) is 12.1 Å². The summed E-state index contributed by atoms with van der Waals surface area (Å²) in [5, 5.41) is 0. The fourth-order valence-electron chi connectivity index (χ4n) is 5.94. The first-order valence-electron chi connectivity index (χ1n) is 16.6. The Balaban J connectivity index is 1.22. The SMILES string of the molecule is CCOC(CN(Cc1ccc(F)c(N2CC(N3CCN(C)CC3)C2)n1)C(=O)CCc1ccc(OCc2ccccc2)cc1F)OCC. The van der Waals surface area contributed by atoms with Crippen LogP contribution in [0.15, 0.2) is 60.7 Å². The lowest BCUT2D eigenvalue weighted by Crippen LogP contribution is -2.63. The fourth-order valence-corrected chi connectivity index (χ4v) is 5.94. The summed E-state index contributed by atoms with van der Waals surface area (Å²) >= 11 is 0. The van der Waals surface area contributed by atoms with Crippen LogP contribution in [0.5, 0.6) is 5.75 Å². The van der Waals surface area contributed by atoms with E-state index in [4.69, 9.17) is 14.2 Å². The van der Waals surface area contributed by atoms with Crippen molar-refractivity contribution < 1.29 is 27.8 Å². The Hall–Kier alpha value is -3.64. The van der Waals surface area contributed by atoms with Crippen molar-refractivity contribution in [2.45, 2.75) is 52.2 Å². The molecule has 0 atom stereocenters. The Bertz CT molecular complexity index is 1430. The van der Waals surface area contributed by atoms with Crippen LogP contribution in [-0.4, -0.2) is 104 Å². The Morgan fingerprint density at radius 1 is 0.957 bits per heavy atom. The van der Waals surface area contributed by atoms with Crippen LogP contribution < -0.4 is 9.64 Å². The van der Waals surface area contributed by atoms with E-state index in [1.807, 2.05) is 49.1 Å². The highest BCUT2D eigenvalue weighted by Crippen LogP contribution is 2.26. The van der Waals surface area contributed by atoms with Crippen LogP contribution in [0.25, 0.3) is 0 Å². The number of pyridine rings is 1. The molecule has 254 valence electrons. The molecule has 1 amide bonds. The zero-order valence-electron chi connectivity index (χ0n) is 27.7. The van der Waals surface area contributed by atoms with Gasteiger partial charge in [-0.15, -0.1) is 0 Å². The van der Waals surface area contributed by atoms with Crippen molar-refractivity contribution in [2.75, 3.05) is 71.0 Å². The summed E-state index contributed by atoms with van der Waals surface area (Å²) in [6.45, 7) is 10.7. The molecule has 0 N–H and O–H groups in total. The summed E-state index contributed by atoms with van der Waals surface area (Å²) in [5.41, 5.74) is 1.98. The van der Waals surface area contributed by atoms with Crippen molar-refractivity contribution in [1.82, 2.24) is 19.7 Å². The van der Waals surface area contributed by atoms with E-state index < -0.39 is 12.1 Å². The van der Waals surface area contributed by atoms with Crippen molar-refractivity contribution >= 4 is 11.7 Å². The number of hydrogen-bond acceptors (Lipinski definition) is 8. The Morgan fingerprint density at radius 3 is 2.36 bits per heavy atom. The maximum atomic E-state index is 15.0. The predicted octanol–water partition coefficient (Wildman–Crippen LogP) is 4.74. The number of carbonyl (C=O) groups excluding carboxylic acids is 1. The van der Waals surface area contributed by atoms with Crippen molar-refractivity contribution in [3.63, 3.8) is 0 Å². The van der Waals surface area contributed by atoms with Gasteiger partial charge in [-0.1, -0.05) is 36.4 Å². The summed E-state index contributed by atoms with van der Waals surface area (Å²) in [4.78, 5) is 26.7. The van der Waals surface area contributed by atoms with E-state index in [0.717, 1.165) is 44.8 Å². The molecule has 47 heavy (non-hydrogen) atoms. The lowest BCUT2D eigenvalue weighted by molar-refractivity contribution is -0.159. The largest absolute Gasteiger partial charge is 0.489 e. The number of nitrogens with zero attached hydrogens (tertiary/aromatic N) is 5. The molecule has 9 nitrogen and oxygen atoms in total. The number of amides is 1. The zero-order valence-corrected chi connectivity index (χ0v) is 27.7. The molecular weight excluding hydrogens is 604 g/mol. The molecular formula is C36H47F2N5O4. The monoisotopic (exact) mass is 651 g/mol. The van der Waals surface area contributed by atoms with Crippen LogP contribution in [0.1, 0.15) is 37.1 Å². The summed E-state index contributed by atoms with van der Waals surface area (Å²) in [6.07, 6.45) is -0.359. The number of carbonyl (C=O) groups is 1. The van der Waals surface area contributed by atoms with Gasteiger partial charge in [0.1, 0.15) is 18.2 Å². The number of benzene rings is 2. The molecule has 2 aromatic carbocycles. The van der Waals surface area contributed by atoms with E-state index in [2.05, 4.69) is 21.8 Å². The minimum atomic E-state index is -0.633. The molecule has 3 heterocycles. The van der Waals surface area contributed by atoms with Gasteiger partial charge in [-0.05, 0) is 56.6 Å². The summed E-state index contributed by atoms with van der Waals surface area (Å²) in [7, 11) is 2.13. The molecule has 0 bridgehead atoms. The first-order valence-corrected chi connectivity index (χ1v) is 16.6. The lowest BCUT2D eigenvalue weighted by Gasteiger charge is -2.48. The van der Waals surface area contributed by atoms with Gasteiger partial charge in [0.25, 0.3) is 0 Å². The molecule has 5 rings (SSSR count). The second-order valence-electron chi connectivity index (χ2n) is 12.1.